The van der Waals surface area contributed by atoms with Crippen LogP contribution >= 0.6 is 22.9 Å². The van der Waals surface area contributed by atoms with E-state index >= 15 is 0 Å². The van der Waals surface area contributed by atoms with Crippen LogP contribution in [-0.4, -0.2) is 29.2 Å². The summed E-state index contributed by atoms with van der Waals surface area (Å²) in [6.07, 6.45) is 1.54. The molecule has 0 unspecified atom stereocenters. The summed E-state index contributed by atoms with van der Waals surface area (Å²) in [5.74, 6) is 0.559. The number of carbonyl (C=O) groups is 1. The molecule has 10 nitrogen and oxygen atoms in total. The zero-order valence-electron chi connectivity index (χ0n) is 21.5. The number of furan rings is 1. The zero-order valence-corrected chi connectivity index (χ0v) is 23.1. The van der Waals surface area contributed by atoms with E-state index in [9.17, 15) is 19.7 Å². The van der Waals surface area contributed by atoms with Crippen LogP contribution in [0.3, 0.4) is 0 Å². The van der Waals surface area contributed by atoms with Gasteiger partial charge in [0, 0.05) is 17.2 Å². The number of halogens is 1. The molecule has 4 aromatic rings. The molecule has 0 spiro atoms. The number of carbonyl (C=O) groups excluding carboxylic acids is 1. The lowest BCUT2D eigenvalue weighted by Gasteiger charge is -2.24. The zero-order chi connectivity index (χ0) is 28.6. The van der Waals surface area contributed by atoms with E-state index in [1.165, 1.54) is 29.9 Å². The maximum absolute atomic E-state index is 13.8. The first-order valence-corrected chi connectivity index (χ1v) is 13.3. The lowest BCUT2D eigenvalue weighted by Crippen LogP contribution is -2.39. The van der Waals surface area contributed by atoms with Gasteiger partial charge in [-0.15, -0.1) is 0 Å². The highest BCUT2D eigenvalue weighted by atomic mass is 35.5. The van der Waals surface area contributed by atoms with Crippen LogP contribution < -0.4 is 19.6 Å². The number of rotatable bonds is 7. The van der Waals surface area contributed by atoms with Crippen molar-refractivity contribution in [1.82, 2.24) is 4.57 Å². The van der Waals surface area contributed by atoms with Crippen molar-refractivity contribution in [2.24, 2.45) is 4.99 Å². The molecule has 204 valence electrons. The van der Waals surface area contributed by atoms with Gasteiger partial charge in [-0.25, -0.2) is 9.79 Å². The Morgan fingerprint density at radius 1 is 1.25 bits per heavy atom. The Morgan fingerprint density at radius 3 is 2.77 bits per heavy atom. The van der Waals surface area contributed by atoms with Gasteiger partial charge in [-0.05, 0) is 55.8 Å². The summed E-state index contributed by atoms with van der Waals surface area (Å²) in [4.78, 5) is 42.8. The summed E-state index contributed by atoms with van der Waals surface area (Å²) in [7, 11) is 1.54. The Bertz CT molecular complexity index is 1870. The summed E-state index contributed by atoms with van der Waals surface area (Å²) in [6, 6.07) is 13.8. The fourth-order valence-corrected chi connectivity index (χ4v) is 5.68. The average molecular weight is 580 g/mol. The maximum Gasteiger partial charge on any atom is 0.338 e. The van der Waals surface area contributed by atoms with Gasteiger partial charge in [-0.2, -0.15) is 0 Å². The molecule has 0 aliphatic carbocycles. The van der Waals surface area contributed by atoms with Crippen LogP contribution in [0.15, 0.2) is 80.1 Å². The Balaban J connectivity index is 1.64. The molecule has 0 N–H and O–H groups in total. The van der Waals surface area contributed by atoms with Gasteiger partial charge in [0.05, 0.1) is 46.0 Å². The smallest absolute Gasteiger partial charge is 0.338 e. The number of nitrogens with zero attached hydrogens (tertiary/aromatic N) is 3. The highest BCUT2D eigenvalue weighted by Crippen LogP contribution is 2.34. The van der Waals surface area contributed by atoms with Crippen molar-refractivity contribution in [2.45, 2.75) is 19.9 Å². The number of hydrogen-bond donors (Lipinski definition) is 0. The minimum Gasteiger partial charge on any atom is -0.497 e. The molecule has 0 bridgehead atoms. The van der Waals surface area contributed by atoms with Gasteiger partial charge in [0.2, 0.25) is 0 Å². The quantitative estimate of drug-likeness (QED) is 0.177. The fourth-order valence-electron chi connectivity index (χ4n) is 4.49. The van der Waals surface area contributed by atoms with Crippen molar-refractivity contribution in [1.29, 1.82) is 0 Å². The number of nitro benzene ring substituents is 1. The molecule has 12 heteroatoms. The molecule has 40 heavy (non-hydrogen) atoms. The van der Waals surface area contributed by atoms with Crippen LogP contribution in [-0.2, 0) is 9.53 Å². The van der Waals surface area contributed by atoms with E-state index in [0.29, 0.717) is 32.1 Å². The standard InChI is InChI=1S/C28H22ClN3O7S/c1-4-38-27(34)24-15(2)30-28-31(25(24)16-6-5-7-18(12-16)37-3)26(33)23(40-28)14-19-9-11-22(39-19)20-10-8-17(29)13-21(20)32(35)36/h5-14,25H,4H2,1-3H3/b23-14-/t25-/m0/s1. The number of ether oxygens (including phenoxy) is 2. The number of fused-ring (bicyclic) bond motifs is 1. The first kappa shape index (κ1) is 27.1. The van der Waals surface area contributed by atoms with Crippen molar-refractivity contribution in [3.8, 4) is 17.1 Å². The number of thiazole rings is 1. The summed E-state index contributed by atoms with van der Waals surface area (Å²) >= 11 is 7.07. The van der Waals surface area contributed by atoms with Crippen LogP contribution in [0.1, 0.15) is 31.2 Å². The molecule has 0 amide bonds. The molecular formula is C28H22ClN3O7S. The van der Waals surface area contributed by atoms with Crippen molar-refractivity contribution < 1.29 is 23.6 Å². The molecule has 1 atom stereocenters. The Kier molecular flexibility index (Phi) is 7.42. The van der Waals surface area contributed by atoms with Gasteiger partial charge in [0.15, 0.2) is 4.80 Å². The first-order chi connectivity index (χ1) is 19.2. The minimum absolute atomic E-state index is 0.164. The maximum atomic E-state index is 13.8. The molecule has 0 radical (unpaired) electrons. The molecule has 0 saturated carbocycles. The molecule has 3 heterocycles. The molecule has 5 rings (SSSR count). The first-order valence-electron chi connectivity index (χ1n) is 12.1. The van der Waals surface area contributed by atoms with Gasteiger partial charge >= 0.3 is 5.97 Å². The molecule has 0 fully saturated rings. The normalized spacial score (nSPS) is 15.0. The minimum atomic E-state index is -0.795. The highest BCUT2D eigenvalue weighted by Gasteiger charge is 2.33. The van der Waals surface area contributed by atoms with E-state index in [4.69, 9.17) is 25.5 Å². The lowest BCUT2D eigenvalue weighted by atomic mass is 9.95. The number of nitro groups is 1. The van der Waals surface area contributed by atoms with Crippen LogP contribution in [0.5, 0.6) is 5.75 Å². The van der Waals surface area contributed by atoms with Gasteiger partial charge in [0.1, 0.15) is 17.3 Å². The summed E-state index contributed by atoms with van der Waals surface area (Å²) in [6.45, 7) is 3.58. The topological polar surface area (TPSA) is 126 Å². The van der Waals surface area contributed by atoms with E-state index in [-0.39, 0.29) is 39.8 Å². The second kappa shape index (κ2) is 10.9. The van der Waals surface area contributed by atoms with Gasteiger partial charge in [-0.1, -0.05) is 35.1 Å². The second-order valence-electron chi connectivity index (χ2n) is 8.70. The van der Waals surface area contributed by atoms with Crippen molar-refractivity contribution in [3.63, 3.8) is 0 Å². The molecule has 0 saturated heterocycles. The van der Waals surface area contributed by atoms with Crippen LogP contribution in [0, 0.1) is 10.1 Å². The molecule has 2 aromatic heterocycles. The monoisotopic (exact) mass is 579 g/mol. The third-order valence-electron chi connectivity index (χ3n) is 6.25. The number of esters is 1. The summed E-state index contributed by atoms with van der Waals surface area (Å²) in [5, 5.41) is 11.8. The third-order valence-corrected chi connectivity index (χ3v) is 7.47. The third kappa shape index (κ3) is 4.96. The van der Waals surface area contributed by atoms with Crippen molar-refractivity contribution in [2.75, 3.05) is 13.7 Å². The Morgan fingerprint density at radius 2 is 2.05 bits per heavy atom. The highest BCUT2D eigenvalue weighted by molar-refractivity contribution is 7.07. The van der Waals surface area contributed by atoms with E-state index < -0.39 is 16.9 Å². The van der Waals surface area contributed by atoms with Crippen molar-refractivity contribution >= 4 is 40.7 Å². The molecule has 1 aliphatic heterocycles. The van der Waals surface area contributed by atoms with Gasteiger partial charge < -0.3 is 13.9 Å². The second-order valence-corrected chi connectivity index (χ2v) is 10.1. The average Bonchev–Trinajstić information content (AvgIpc) is 3.52. The summed E-state index contributed by atoms with van der Waals surface area (Å²) < 4.78 is 18.3. The van der Waals surface area contributed by atoms with E-state index in [1.54, 1.807) is 56.3 Å². The van der Waals surface area contributed by atoms with E-state index in [1.807, 2.05) is 0 Å². The fraction of sp³-hybridized carbons (Fsp3) is 0.179. The Hall–Kier alpha value is -4.48. The van der Waals surface area contributed by atoms with Crippen molar-refractivity contribution in [3.05, 3.63) is 112 Å². The molecule has 1 aliphatic rings. The van der Waals surface area contributed by atoms with Crippen LogP contribution in [0.2, 0.25) is 5.02 Å². The summed E-state index contributed by atoms with van der Waals surface area (Å²) in [5.41, 5.74) is 1.01. The largest absolute Gasteiger partial charge is 0.497 e. The van der Waals surface area contributed by atoms with Gasteiger partial charge in [0.25, 0.3) is 11.2 Å². The number of allylic oxidation sites excluding steroid dienone is 1. The molecular weight excluding hydrogens is 558 g/mol. The van der Waals surface area contributed by atoms with E-state index in [2.05, 4.69) is 4.99 Å². The SMILES string of the molecule is CCOC(=O)C1=C(C)N=c2s/c(=C\c3ccc(-c4ccc(Cl)cc4[N+](=O)[O-])o3)c(=O)n2[C@H]1c1cccc(OC)c1. The number of methoxy groups -OCH3 is 1. The Labute approximate surface area is 236 Å². The van der Waals surface area contributed by atoms with Crippen LogP contribution in [0.25, 0.3) is 17.4 Å². The predicted molar refractivity (Wildman–Crippen MR) is 149 cm³/mol. The number of aromatic nitrogens is 1. The molecule has 2 aromatic carbocycles. The van der Waals surface area contributed by atoms with Crippen LogP contribution in [0.4, 0.5) is 5.69 Å². The van der Waals surface area contributed by atoms with E-state index in [0.717, 1.165) is 11.3 Å². The van der Waals surface area contributed by atoms with Gasteiger partial charge in [-0.3, -0.25) is 19.5 Å². The number of hydrogen-bond acceptors (Lipinski definition) is 9. The predicted octanol–water partition coefficient (Wildman–Crippen LogP) is 4.63. The number of benzene rings is 2. The lowest BCUT2D eigenvalue weighted by molar-refractivity contribution is -0.384.